The number of rotatable bonds is 8. The Balaban J connectivity index is 3.08. The van der Waals surface area contributed by atoms with Gasteiger partial charge in [-0.15, -0.1) is 0 Å². The summed E-state index contributed by atoms with van der Waals surface area (Å²) in [4.78, 5) is 41.6. The highest BCUT2D eigenvalue weighted by Crippen LogP contribution is 2.26. The maximum absolute atomic E-state index is 13.5. The van der Waals surface area contributed by atoms with Crippen molar-refractivity contribution in [3.63, 3.8) is 0 Å². The Hall–Kier alpha value is -1.89. The van der Waals surface area contributed by atoms with Gasteiger partial charge in [-0.1, -0.05) is 54.0 Å². The summed E-state index contributed by atoms with van der Waals surface area (Å²) in [6.45, 7) is 14.3. The van der Waals surface area contributed by atoms with Crippen molar-refractivity contribution in [1.29, 1.82) is 0 Å². The highest BCUT2D eigenvalue weighted by atomic mass is 16.4. The molecular weight excluding hydrogens is 394 g/mol. The van der Waals surface area contributed by atoms with E-state index in [0.717, 1.165) is 25.8 Å². The second-order valence-electron chi connectivity index (χ2n) is 10.5. The van der Waals surface area contributed by atoms with E-state index >= 15 is 0 Å². The summed E-state index contributed by atoms with van der Waals surface area (Å²) in [5.74, 6) is -0.694. The zero-order chi connectivity index (χ0) is 24.1. The third-order valence-corrected chi connectivity index (χ3v) is 6.44. The Bertz CT molecular complexity index is 681. The second kappa shape index (κ2) is 11.1. The minimum absolute atomic E-state index is 0.0232. The number of carbonyl (C=O) groups excluding carboxylic acids is 2. The molecule has 0 aliphatic carbocycles. The molecule has 0 spiro atoms. The third kappa shape index (κ3) is 7.34. The van der Waals surface area contributed by atoms with Gasteiger partial charge in [-0.3, -0.25) is 14.5 Å². The van der Waals surface area contributed by atoms with Crippen molar-refractivity contribution >= 4 is 17.8 Å². The summed E-state index contributed by atoms with van der Waals surface area (Å²) in [6, 6.07) is -1.32. The monoisotopic (exact) mass is 437 g/mol. The van der Waals surface area contributed by atoms with Crippen LogP contribution in [0.3, 0.4) is 0 Å². The van der Waals surface area contributed by atoms with Crippen LogP contribution in [0.25, 0.3) is 0 Å². The van der Waals surface area contributed by atoms with Crippen LogP contribution in [0, 0.1) is 17.3 Å². The molecule has 7 heteroatoms. The first kappa shape index (κ1) is 27.1. The Morgan fingerprint density at radius 3 is 2.23 bits per heavy atom. The van der Waals surface area contributed by atoms with Gasteiger partial charge in [0.05, 0.1) is 12.1 Å². The van der Waals surface area contributed by atoms with Crippen molar-refractivity contribution in [2.24, 2.45) is 17.3 Å². The topological polar surface area (TPSA) is 90.0 Å². The number of carboxylic acid groups (broad SMARTS) is 1. The quantitative estimate of drug-likeness (QED) is 0.570. The van der Waals surface area contributed by atoms with Gasteiger partial charge in [-0.2, -0.15) is 0 Å². The zero-order valence-electron chi connectivity index (χ0n) is 20.9. The van der Waals surface area contributed by atoms with E-state index in [9.17, 15) is 19.5 Å². The predicted molar refractivity (Wildman–Crippen MR) is 124 cm³/mol. The van der Waals surface area contributed by atoms with Crippen LogP contribution in [0.5, 0.6) is 0 Å². The Morgan fingerprint density at radius 1 is 1.23 bits per heavy atom. The van der Waals surface area contributed by atoms with Crippen LogP contribution in [-0.2, 0) is 14.4 Å². The standard InChI is InChI=1S/C24H43N3O4/c1-10-17-11-12-18(26(8)14-17)21(28)25-20(24(5,6)7)22(29)27(9)19(15(2)3)13-16(4)23(30)31/h13,15,17-20H,10-12,14H2,1-9H3,(H,25,28)(H,30,31)/b16-13+/t17?,18-,19+,20?/m0/s1. The number of piperidine rings is 1. The molecule has 2 unspecified atom stereocenters. The molecule has 7 nitrogen and oxygen atoms in total. The van der Waals surface area contributed by atoms with Gasteiger partial charge in [0.15, 0.2) is 0 Å². The Kier molecular flexibility index (Phi) is 9.73. The number of hydrogen-bond acceptors (Lipinski definition) is 4. The molecule has 2 N–H and O–H groups in total. The highest BCUT2D eigenvalue weighted by Gasteiger charge is 2.39. The van der Waals surface area contributed by atoms with E-state index in [1.165, 1.54) is 6.92 Å². The minimum Gasteiger partial charge on any atom is -0.478 e. The molecule has 1 aliphatic heterocycles. The Labute approximate surface area is 188 Å². The van der Waals surface area contributed by atoms with Crippen LogP contribution in [0.2, 0.25) is 0 Å². The van der Waals surface area contributed by atoms with Crippen molar-refractivity contribution in [3.8, 4) is 0 Å². The molecule has 0 aromatic carbocycles. The number of carbonyl (C=O) groups is 3. The first-order chi connectivity index (χ1) is 14.2. The fourth-order valence-electron chi connectivity index (χ4n) is 4.22. The van der Waals surface area contributed by atoms with E-state index in [-0.39, 0.29) is 35.4 Å². The van der Waals surface area contributed by atoms with Crippen LogP contribution in [0.15, 0.2) is 11.6 Å². The molecule has 0 saturated carbocycles. The van der Waals surface area contributed by atoms with Gasteiger partial charge in [0.1, 0.15) is 6.04 Å². The number of likely N-dealkylation sites (tertiary alicyclic amines) is 1. The fraction of sp³-hybridized carbons (Fsp3) is 0.792. The van der Waals surface area contributed by atoms with Crippen molar-refractivity contribution in [2.45, 2.75) is 85.9 Å². The molecular formula is C24H43N3O4. The summed E-state index contributed by atoms with van der Waals surface area (Å²) < 4.78 is 0. The molecule has 2 amide bonds. The fourth-order valence-corrected chi connectivity index (χ4v) is 4.22. The normalized spacial score (nSPS) is 22.7. The van der Waals surface area contributed by atoms with E-state index in [1.807, 2.05) is 41.7 Å². The van der Waals surface area contributed by atoms with Crippen LogP contribution >= 0.6 is 0 Å². The minimum atomic E-state index is -1.00. The number of nitrogens with one attached hydrogen (secondary N) is 1. The lowest BCUT2D eigenvalue weighted by Gasteiger charge is -2.40. The largest absolute Gasteiger partial charge is 0.478 e. The molecule has 0 bridgehead atoms. The van der Waals surface area contributed by atoms with Gasteiger partial charge in [0.2, 0.25) is 11.8 Å². The lowest BCUT2D eigenvalue weighted by atomic mass is 9.84. The van der Waals surface area contributed by atoms with Crippen LogP contribution in [-0.4, -0.2) is 71.5 Å². The van der Waals surface area contributed by atoms with Gasteiger partial charge in [0, 0.05) is 19.2 Å². The smallest absolute Gasteiger partial charge is 0.331 e. The molecule has 31 heavy (non-hydrogen) atoms. The molecule has 1 aliphatic rings. The van der Waals surface area contributed by atoms with Gasteiger partial charge < -0.3 is 15.3 Å². The van der Waals surface area contributed by atoms with Crippen molar-refractivity contribution in [1.82, 2.24) is 15.1 Å². The van der Waals surface area contributed by atoms with Gasteiger partial charge in [-0.25, -0.2) is 4.79 Å². The lowest BCUT2D eigenvalue weighted by Crippen LogP contribution is -2.60. The zero-order valence-corrected chi connectivity index (χ0v) is 20.9. The van der Waals surface area contributed by atoms with Crippen molar-refractivity contribution in [3.05, 3.63) is 11.6 Å². The number of amides is 2. The molecule has 0 radical (unpaired) electrons. The van der Waals surface area contributed by atoms with Gasteiger partial charge in [-0.05, 0) is 44.1 Å². The Morgan fingerprint density at radius 2 is 1.81 bits per heavy atom. The summed E-state index contributed by atoms with van der Waals surface area (Å²) in [7, 11) is 3.66. The average molecular weight is 438 g/mol. The second-order valence-corrected chi connectivity index (χ2v) is 10.5. The first-order valence-corrected chi connectivity index (χ1v) is 11.4. The molecule has 1 rings (SSSR count). The highest BCUT2D eigenvalue weighted by molar-refractivity contribution is 5.91. The third-order valence-electron chi connectivity index (χ3n) is 6.44. The van der Waals surface area contributed by atoms with Crippen LogP contribution < -0.4 is 5.32 Å². The number of hydrogen-bond donors (Lipinski definition) is 2. The summed E-state index contributed by atoms with van der Waals surface area (Å²) in [5.41, 5.74) is -0.295. The number of nitrogens with zero attached hydrogens (tertiary/aromatic N) is 2. The van der Waals surface area contributed by atoms with Gasteiger partial charge in [0.25, 0.3) is 0 Å². The first-order valence-electron chi connectivity index (χ1n) is 11.4. The van der Waals surface area contributed by atoms with Crippen molar-refractivity contribution < 1.29 is 19.5 Å². The van der Waals surface area contributed by atoms with E-state index in [2.05, 4.69) is 17.1 Å². The molecule has 178 valence electrons. The van der Waals surface area contributed by atoms with Crippen molar-refractivity contribution in [2.75, 3.05) is 20.6 Å². The predicted octanol–water partition coefficient (Wildman–Crippen LogP) is 3.15. The summed E-state index contributed by atoms with van der Waals surface area (Å²) in [6.07, 6.45) is 4.53. The van der Waals surface area contributed by atoms with E-state index in [0.29, 0.717) is 5.92 Å². The maximum Gasteiger partial charge on any atom is 0.331 e. The molecule has 1 heterocycles. The summed E-state index contributed by atoms with van der Waals surface area (Å²) >= 11 is 0. The van der Waals surface area contributed by atoms with Gasteiger partial charge >= 0.3 is 5.97 Å². The SMILES string of the molecule is CCC1CC[C@@H](C(=O)NC(C(=O)N(C)[C@H](/C=C(\C)C(=O)O)C(C)C)C(C)(C)C)N(C)C1. The lowest BCUT2D eigenvalue weighted by molar-refractivity contribution is -0.141. The van der Waals surface area contributed by atoms with E-state index in [4.69, 9.17) is 0 Å². The van der Waals surface area contributed by atoms with Crippen LogP contribution in [0.1, 0.15) is 67.7 Å². The molecule has 0 aromatic rings. The average Bonchev–Trinajstić information content (AvgIpc) is 2.67. The summed E-state index contributed by atoms with van der Waals surface area (Å²) in [5, 5.41) is 12.3. The molecule has 1 saturated heterocycles. The molecule has 0 aromatic heterocycles. The molecule has 1 fully saturated rings. The molecule has 4 atom stereocenters. The maximum atomic E-state index is 13.5. The number of aliphatic carboxylic acids is 1. The van der Waals surface area contributed by atoms with E-state index in [1.54, 1.807) is 18.0 Å². The number of likely N-dealkylation sites (N-methyl/N-ethyl adjacent to an activating group) is 2. The van der Waals surface area contributed by atoms with Crippen LogP contribution in [0.4, 0.5) is 0 Å². The van der Waals surface area contributed by atoms with E-state index < -0.39 is 17.4 Å². The number of carboxylic acids is 1.